The normalized spacial score (nSPS) is 11.8. The fourth-order valence-electron chi connectivity index (χ4n) is 2.61. The monoisotopic (exact) mass is 484 g/mol. The second kappa shape index (κ2) is 9.06. The zero-order valence-corrected chi connectivity index (χ0v) is 17.5. The Labute approximate surface area is 189 Å². The molecular formula is C21H10Cl3F3N2O2. The van der Waals surface area contributed by atoms with Gasteiger partial charge in [-0.25, -0.2) is 0 Å². The fourth-order valence-corrected chi connectivity index (χ4v) is 3.42. The van der Waals surface area contributed by atoms with E-state index in [1.807, 2.05) is 0 Å². The first kappa shape index (κ1) is 22.8. The number of anilines is 1. The molecule has 0 aliphatic rings. The Morgan fingerprint density at radius 3 is 2.32 bits per heavy atom. The van der Waals surface area contributed by atoms with Gasteiger partial charge in [0.05, 0.1) is 26.2 Å². The van der Waals surface area contributed by atoms with E-state index < -0.39 is 28.2 Å². The predicted molar refractivity (Wildman–Crippen MR) is 113 cm³/mol. The van der Waals surface area contributed by atoms with Gasteiger partial charge in [0.25, 0.3) is 5.91 Å². The number of alkyl halides is 3. The maximum Gasteiger partial charge on any atom is 0.417 e. The summed E-state index contributed by atoms with van der Waals surface area (Å²) in [5.74, 6) is -0.469. The van der Waals surface area contributed by atoms with E-state index in [0.717, 1.165) is 12.1 Å². The van der Waals surface area contributed by atoms with Crippen molar-refractivity contribution in [3.05, 3.63) is 80.5 Å². The van der Waals surface area contributed by atoms with Crippen molar-refractivity contribution >= 4 is 52.5 Å². The molecule has 3 rings (SSSR count). The van der Waals surface area contributed by atoms with Crippen LogP contribution in [0.5, 0.6) is 0 Å². The van der Waals surface area contributed by atoms with Crippen molar-refractivity contribution in [3.8, 4) is 17.4 Å². The van der Waals surface area contributed by atoms with Gasteiger partial charge in [-0.05, 0) is 42.5 Å². The minimum atomic E-state index is -4.70. The van der Waals surface area contributed by atoms with Crippen LogP contribution in [0, 0.1) is 11.3 Å². The van der Waals surface area contributed by atoms with E-state index in [2.05, 4.69) is 5.32 Å². The topological polar surface area (TPSA) is 66.0 Å². The second-order valence-corrected chi connectivity index (χ2v) is 7.34. The van der Waals surface area contributed by atoms with E-state index in [1.54, 1.807) is 30.3 Å². The molecule has 0 spiro atoms. The van der Waals surface area contributed by atoms with E-state index in [9.17, 15) is 23.2 Å². The molecule has 0 saturated carbocycles. The van der Waals surface area contributed by atoms with Crippen LogP contribution >= 0.6 is 34.8 Å². The summed E-state index contributed by atoms with van der Waals surface area (Å²) in [5.41, 5.74) is -1.24. The number of rotatable bonds is 4. The van der Waals surface area contributed by atoms with Crippen LogP contribution in [-0.2, 0) is 11.0 Å². The maximum atomic E-state index is 13.0. The molecule has 10 heteroatoms. The summed E-state index contributed by atoms with van der Waals surface area (Å²) >= 11 is 17.8. The first-order valence-electron chi connectivity index (χ1n) is 8.44. The first-order chi connectivity index (χ1) is 14.6. The fraction of sp³-hybridized carbons (Fsp3) is 0.0476. The van der Waals surface area contributed by atoms with Crippen molar-refractivity contribution < 1.29 is 22.4 Å². The Morgan fingerprint density at radius 1 is 1.03 bits per heavy atom. The average molecular weight is 486 g/mol. The lowest BCUT2D eigenvalue weighted by atomic mass is 10.1. The maximum absolute atomic E-state index is 13.0. The number of hydrogen-bond donors (Lipinski definition) is 1. The number of nitriles is 1. The third-order valence-electron chi connectivity index (χ3n) is 4.02. The van der Waals surface area contributed by atoms with Gasteiger partial charge < -0.3 is 9.73 Å². The van der Waals surface area contributed by atoms with Crippen molar-refractivity contribution in [3.63, 3.8) is 0 Å². The molecule has 0 radical (unpaired) electrons. The first-order valence-corrected chi connectivity index (χ1v) is 9.57. The summed E-state index contributed by atoms with van der Waals surface area (Å²) in [4.78, 5) is 12.4. The van der Waals surface area contributed by atoms with Gasteiger partial charge in [0.2, 0.25) is 0 Å². The second-order valence-electron chi connectivity index (χ2n) is 6.11. The molecule has 1 amide bonds. The number of furan rings is 1. The number of benzene rings is 2. The highest BCUT2D eigenvalue weighted by Crippen LogP contribution is 2.37. The minimum absolute atomic E-state index is 0.143. The van der Waals surface area contributed by atoms with Crippen LogP contribution in [0.15, 0.2) is 58.5 Å². The molecular weight excluding hydrogens is 476 g/mol. The highest BCUT2D eigenvalue weighted by molar-refractivity contribution is 6.39. The molecule has 0 unspecified atom stereocenters. The largest absolute Gasteiger partial charge is 0.457 e. The van der Waals surface area contributed by atoms with Crippen LogP contribution in [0.2, 0.25) is 15.1 Å². The summed E-state index contributed by atoms with van der Waals surface area (Å²) in [6.45, 7) is 0. The van der Waals surface area contributed by atoms with Crippen molar-refractivity contribution in [1.29, 1.82) is 5.26 Å². The van der Waals surface area contributed by atoms with Gasteiger partial charge in [-0.3, -0.25) is 4.79 Å². The Kier molecular flexibility index (Phi) is 6.65. The van der Waals surface area contributed by atoms with Crippen molar-refractivity contribution in [2.45, 2.75) is 6.18 Å². The third kappa shape index (κ3) is 5.23. The molecule has 0 aliphatic carbocycles. The molecule has 3 aromatic rings. The Bertz CT molecular complexity index is 1210. The molecule has 0 aliphatic heterocycles. The number of nitrogens with zero attached hydrogens (tertiary/aromatic N) is 1. The number of carbonyl (C=O) groups excluding carboxylic acids is 1. The van der Waals surface area contributed by atoms with Gasteiger partial charge in [0.15, 0.2) is 0 Å². The minimum Gasteiger partial charge on any atom is -0.457 e. The molecule has 1 heterocycles. The van der Waals surface area contributed by atoms with E-state index in [4.69, 9.17) is 39.2 Å². The van der Waals surface area contributed by atoms with Crippen molar-refractivity contribution in [1.82, 2.24) is 0 Å². The molecule has 4 nitrogen and oxygen atoms in total. The molecule has 0 saturated heterocycles. The van der Waals surface area contributed by atoms with E-state index in [1.165, 1.54) is 12.1 Å². The summed E-state index contributed by atoms with van der Waals surface area (Å²) in [6.07, 6.45) is -3.56. The van der Waals surface area contributed by atoms with Gasteiger partial charge in [-0.1, -0.05) is 40.9 Å². The molecule has 0 bridgehead atoms. The molecule has 0 atom stereocenters. The highest BCUT2D eigenvalue weighted by Gasteiger charge is 2.33. The molecule has 1 aromatic heterocycles. The lowest BCUT2D eigenvalue weighted by molar-refractivity contribution is -0.137. The quantitative estimate of drug-likeness (QED) is 0.308. The molecule has 158 valence electrons. The van der Waals surface area contributed by atoms with Crippen LogP contribution in [0.25, 0.3) is 17.4 Å². The highest BCUT2D eigenvalue weighted by atomic mass is 35.5. The number of carbonyl (C=O) groups is 1. The van der Waals surface area contributed by atoms with E-state index in [-0.39, 0.29) is 11.4 Å². The van der Waals surface area contributed by atoms with Gasteiger partial charge in [0.1, 0.15) is 23.2 Å². The number of halogens is 6. The number of hydrogen-bond acceptors (Lipinski definition) is 3. The van der Waals surface area contributed by atoms with Crippen molar-refractivity contribution in [2.75, 3.05) is 5.32 Å². The van der Waals surface area contributed by atoms with Crippen LogP contribution in [0.3, 0.4) is 0 Å². The van der Waals surface area contributed by atoms with Crippen molar-refractivity contribution in [2.24, 2.45) is 0 Å². The molecule has 0 fully saturated rings. The average Bonchev–Trinajstić information content (AvgIpc) is 3.14. The summed E-state index contributed by atoms with van der Waals surface area (Å²) in [5, 5.41) is 11.7. The smallest absolute Gasteiger partial charge is 0.417 e. The summed E-state index contributed by atoms with van der Waals surface area (Å²) in [7, 11) is 0. The van der Waals surface area contributed by atoms with Gasteiger partial charge in [0, 0.05) is 11.8 Å². The van der Waals surface area contributed by atoms with Crippen LogP contribution in [0.4, 0.5) is 18.9 Å². The molecule has 31 heavy (non-hydrogen) atoms. The number of nitrogens with one attached hydrogen (secondary N) is 1. The van der Waals surface area contributed by atoms with Crippen LogP contribution < -0.4 is 5.32 Å². The Morgan fingerprint density at radius 2 is 1.71 bits per heavy atom. The SMILES string of the molecule is N#CC(=Cc1ccc(-c2c(Cl)cccc2Cl)o1)C(=O)Nc1ccc(Cl)c(C(F)(F)F)c1. The molecule has 2 aromatic carbocycles. The van der Waals surface area contributed by atoms with Gasteiger partial charge >= 0.3 is 6.18 Å². The van der Waals surface area contributed by atoms with E-state index >= 15 is 0 Å². The van der Waals surface area contributed by atoms with Gasteiger partial charge in [-0.2, -0.15) is 18.4 Å². The zero-order valence-electron chi connectivity index (χ0n) is 15.2. The predicted octanol–water partition coefficient (Wildman–Crippen LogP) is 7.47. The lowest BCUT2D eigenvalue weighted by Gasteiger charge is -2.11. The van der Waals surface area contributed by atoms with Crippen LogP contribution in [0.1, 0.15) is 11.3 Å². The van der Waals surface area contributed by atoms with Gasteiger partial charge in [-0.15, -0.1) is 0 Å². The van der Waals surface area contributed by atoms with Crippen LogP contribution in [-0.4, -0.2) is 5.91 Å². The third-order valence-corrected chi connectivity index (χ3v) is 4.98. The zero-order chi connectivity index (χ0) is 22.8. The standard InChI is InChI=1S/C21H10Cl3F3N2O2/c22-15-6-4-12(9-14(15)21(25,26)27)29-20(30)11(10-28)8-13-5-7-18(31-13)19-16(23)2-1-3-17(19)24/h1-9H,(H,29,30). The summed E-state index contributed by atoms with van der Waals surface area (Å²) in [6, 6.07) is 12.5. The Balaban J connectivity index is 1.86. The number of amides is 1. The summed E-state index contributed by atoms with van der Waals surface area (Å²) < 4.78 is 44.6. The molecule has 1 N–H and O–H groups in total. The van der Waals surface area contributed by atoms with E-state index in [0.29, 0.717) is 27.4 Å². The lowest BCUT2D eigenvalue weighted by Crippen LogP contribution is -2.14. The Hall–Kier alpha value is -2.92.